The number of thioether (sulfide) groups is 1. The minimum atomic E-state index is -0.502. The zero-order valence-electron chi connectivity index (χ0n) is 25.1. The summed E-state index contributed by atoms with van der Waals surface area (Å²) in [5.41, 5.74) is 6.68. The molecule has 2 saturated carbocycles. The van der Waals surface area contributed by atoms with Gasteiger partial charge in [0.15, 0.2) is 5.78 Å². The van der Waals surface area contributed by atoms with Gasteiger partial charge in [0, 0.05) is 34.9 Å². The molecule has 6 aliphatic carbocycles. The van der Waals surface area contributed by atoms with Gasteiger partial charge in [-0.25, -0.2) is 0 Å². The zero-order valence-corrected chi connectivity index (χ0v) is 25.9. The lowest BCUT2D eigenvalue weighted by atomic mass is 9.56. The Balaban J connectivity index is 1.19. The highest BCUT2D eigenvalue weighted by molar-refractivity contribution is 8.04. The van der Waals surface area contributed by atoms with E-state index in [1.54, 1.807) is 6.92 Å². The molecule has 0 radical (unpaired) electrons. The summed E-state index contributed by atoms with van der Waals surface area (Å²) in [6.07, 6.45) is 19.0. The van der Waals surface area contributed by atoms with Gasteiger partial charge in [-0.2, -0.15) is 0 Å². The van der Waals surface area contributed by atoms with Gasteiger partial charge in [-0.3, -0.25) is 14.4 Å². The first kappa shape index (κ1) is 29.1. The van der Waals surface area contributed by atoms with Crippen molar-refractivity contribution in [2.24, 2.45) is 28.6 Å². The maximum absolute atomic E-state index is 13.3. The average Bonchev–Trinajstić information content (AvgIpc) is 3.53. The Bertz CT molecular complexity index is 1490. The first-order chi connectivity index (χ1) is 20.1. The molecule has 5 unspecified atom stereocenters. The van der Waals surface area contributed by atoms with Crippen LogP contribution in [0, 0.1) is 34.0 Å². The number of fused-ring (bicyclic) bond motifs is 3. The minimum absolute atomic E-state index is 0.0263. The molecule has 6 heteroatoms. The van der Waals surface area contributed by atoms with Crippen molar-refractivity contribution in [1.82, 2.24) is 5.32 Å². The molecular weight excluding hydrogens is 540 g/mol. The molecule has 1 spiro atoms. The number of hydrogen-bond acceptors (Lipinski definition) is 5. The van der Waals surface area contributed by atoms with Crippen LogP contribution in [0.15, 0.2) is 81.5 Å². The van der Waals surface area contributed by atoms with Crippen molar-refractivity contribution < 1.29 is 14.4 Å². The lowest BCUT2D eigenvalue weighted by Gasteiger charge is -2.48. The Morgan fingerprint density at radius 2 is 2.00 bits per heavy atom. The molecule has 6 aliphatic rings. The smallest absolute Gasteiger partial charge is 0.225 e. The van der Waals surface area contributed by atoms with Gasteiger partial charge < -0.3 is 10.7 Å². The van der Waals surface area contributed by atoms with Gasteiger partial charge in [0.1, 0.15) is 5.78 Å². The molecule has 220 valence electrons. The number of Topliss-reactive ketones (excluding diaryl/α,β-unsaturated/α-hetero) is 2. The van der Waals surface area contributed by atoms with E-state index >= 15 is 0 Å². The first-order valence-electron chi connectivity index (χ1n) is 15.6. The second-order valence-electron chi connectivity index (χ2n) is 13.0. The summed E-state index contributed by atoms with van der Waals surface area (Å²) in [5.74, 6) is 2.00. The quantitative estimate of drug-likeness (QED) is 0.304. The van der Waals surface area contributed by atoms with Crippen molar-refractivity contribution >= 4 is 34.9 Å². The topological polar surface area (TPSA) is 87.1 Å². The molecule has 0 saturated heterocycles. The van der Waals surface area contributed by atoms with Crippen LogP contribution in [0.2, 0.25) is 0 Å². The van der Waals surface area contributed by atoms with Crippen LogP contribution in [-0.2, 0) is 14.4 Å². The van der Waals surface area contributed by atoms with Crippen LogP contribution in [0.4, 0.5) is 0 Å². The molecule has 5 atom stereocenters. The molecule has 42 heavy (non-hydrogen) atoms. The van der Waals surface area contributed by atoms with E-state index in [9.17, 15) is 14.4 Å². The highest BCUT2D eigenvalue weighted by Crippen LogP contribution is 2.77. The van der Waals surface area contributed by atoms with E-state index < -0.39 is 5.41 Å². The summed E-state index contributed by atoms with van der Waals surface area (Å²) in [6, 6.07) is 0. The van der Waals surface area contributed by atoms with E-state index in [1.165, 1.54) is 22.9 Å². The summed E-state index contributed by atoms with van der Waals surface area (Å²) < 4.78 is 0. The summed E-state index contributed by atoms with van der Waals surface area (Å²) in [5, 5.41) is 12.1. The van der Waals surface area contributed by atoms with Crippen molar-refractivity contribution in [1.29, 1.82) is 5.41 Å². The Hall–Kier alpha value is -2.99. The molecule has 5 nitrogen and oxygen atoms in total. The highest BCUT2D eigenvalue weighted by Gasteiger charge is 2.70. The first-order valence-corrected chi connectivity index (χ1v) is 16.6. The third-order valence-corrected chi connectivity index (χ3v) is 12.2. The molecule has 0 aromatic heterocycles. The second kappa shape index (κ2) is 10.9. The summed E-state index contributed by atoms with van der Waals surface area (Å²) >= 11 is 1.50. The van der Waals surface area contributed by atoms with Crippen LogP contribution in [-0.4, -0.2) is 28.9 Å². The van der Waals surface area contributed by atoms with Crippen LogP contribution < -0.4 is 5.32 Å². The van der Waals surface area contributed by atoms with E-state index in [1.807, 2.05) is 30.4 Å². The Kier molecular flexibility index (Phi) is 7.57. The maximum atomic E-state index is 13.3. The fourth-order valence-electron chi connectivity index (χ4n) is 8.98. The standard InChI is InChI=1S/C36H42N2O3S/c1-5-9-23-10-7-6-8-11-30(21(23)2)38-33(41)16-17-42-34-28-13-12-25-27-15-14-26(22(3)39)36(27)20-24(36)18-29(25)35(28,4)32(37)19-31(34)40/h6-11,24,26-27,37H,2,5,12-20H2,1,3-4H3,(H,38,41)/b8-6?,10-7?,23-9-,30-11?,37-32?. The fraction of sp³-hybridized carbons (Fsp3) is 0.500. The number of ketones is 2. The molecule has 0 aromatic rings. The largest absolute Gasteiger partial charge is 0.326 e. The molecule has 2 N–H and O–H groups in total. The van der Waals surface area contributed by atoms with E-state index in [-0.39, 0.29) is 35.9 Å². The fourth-order valence-corrected chi connectivity index (χ4v) is 10.2. The molecule has 6 rings (SSSR count). The van der Waals surface area contributed by atoms with Gasteiger partial charge in [-0.05, 0) is 98.8 Å². The third-order valence-electron chi connectivity index (χ3n) is 11.0. The monoisotopic (exact) mass is 582 g/mol. The summed E-state index contributed by atoms with van der Waals surface area (Å²) in [4.78, 5) is 39.6. The summed E-state index contributed by atoms with van der Waals surface area (Å²) in [7, 11) is 0. The normalized spacial score (nSPS) is 34.4. The average molecular weight is 583 g/mol. The Morgan fingerprint density at radius 3 is 2.76 bits per heavy atom. The van der Waals surface area contributed by atoms with Gasteiger partial charge >= 0.3 is 0 Å². The number of rotatable bonds is 7. The number of nitrogens with one attached hydrogen (secondary N) is 2. The van der Waals surface area contributed by atoms with Gasteiger partial charge in [0.05, 0.1) is 11.3 Å². The van der Waals surface area contributed by atoms with Gasteiger partial charge in [-0.1, -0.05) is 55.0 Å². The lowest BCUT2D eigenvalue weighted by Crippen LogP contribution is -2.44. The molecule has 1 amide bonds. The molecule has 0 bridgehead atoms. The highest BCUT2D eigenvalue weighted by atomic mass is 32.2. The minimum Gasteiger partial charge on any atom is -0.326 e. The number of carbonyl (C=O) groups is 3. The number of carbonyl (C=O) groups excluding carboxylic acids is 3. The van der Waals surface area contributed by atoms with E-state index in [0.717, 1.165) is 66.6 Å². The van der Waals surface area contributed by atoms with Crippen molar-refractivity contribution in [3.63, 3.8) is 0 Å². The van der Waals surface area contributed by atoms with Crippen LogP contribution in [0.1, 0.15) is 78.6 Å². The van der Waals surface area contributed by atoms with Crippen LogP contribution in [0.25, 0.3) is 0 Å². The van der Waals surface area contributed by atoms with Gasteiger partial charge in [-0.15, -0.1) is 11.8 Å². The summed E-state index contributed by atoms with van der Waals surface area (Å²) in [6.45, 7) is 10.2. The van der Waals surface area contributed by atoms with Gasteiger partial charge in [0.2, 0.25) is 5.91 Å². The van der Waals surface area contributed by atoms with E-state index in [2.05, 4.69) is 31.8 Å². The molecule has 0 heterocycles. The predicted molar refractivity (Wildman–Crippen MR) is 170 cm³/mol. The predicted octanol–water partition coefficient (Wildman–Crippen LogP) is 7.50. The second-order valence-corrected chi connectivity index (χ2v) is 14.1. The SMILES string of the molecule is C=C1C(NC(=O)CCSC2=C3CCC4=C(CC5CC56C(C(C)=O)CCC46)C3(C)C(=N)CC2=O)=CC=CC=C/C1=C/CC. The third kappa shape index (κ3) is 4.52. The molecule has 2 fully saturated rings. The van der Waals surface area contributed by atoms with Crippen molar-refractivity contribution in [2.75, 3.05) is 5.75 Å². The van der Waals surface area contributed by atoms with Crippen LogP contribution in [0.3, 0.4) is 0 Å². The molecule has 0 aliphatic heterocycles. The van der Waals surface area contributed by atoms with Crippen LogP contribution in [0.5, 0.6) is 0 Å². The Labute approximate surface area is 253 Å². The van der Waals surface area contributed by atoms with Crippen molar-refractivity contribution in [3.05, 3.63) is 81.5 Å². The molecular formula is C36H42N2O3S. The zero-order chi connectivity index (χ0) is 29.8. The number of allylic oxidation sites excluding steroid dienone is 11. The van der Waals surface area contributed by atoms with Crippen LogP contribution >= 0.6 is 11.8 Å². The van der Waals surface area contributed by atoms with Crippen molar-refractivity contribution in [2.45, 2.75) is 78.6 Å². The van der Waals surface area contributed by atoms with Gasteiger partial charge in [0.25, 0.3) is 0 Å². The Morgan fingerprint density at radius 1 is 1.19 bits per heavy atom. The number of amides is 1. The van der Waals surface area contributed by atoms with E-state index in [0.29, 0.717) is 34.8 Å². The maximum Gasteiger partial charge on any atom is 0.225 e. The number of hydrogen-bond donors (Lipinski definition) is 2. The molecule has 0 aromatic carbocycles. The van der Waals surface area contributed by atoms with Crippen molar-refractivity contribution in [3.8, 4) is 0 Å². The lowest BCUT2D eigenvalue weighted by molar-refractivity contribution is -0.123. The van der Waals surface area contributed by atoms with E-state index in [4.69, 9.17) is 5.41 Å².